The molecule has 28 heavy (non-hydrogen) atoms. The lowest BCUT2D eigenvalue weighted by molar-refractivity contribution is -0.143. The summed E-state index contributed by atoms with van der Waals surface area (Å²) in [5, 5.41) is 11.0. The van der Waals surface area contributed by atoms with E-state index in [0.29, 0.717) is 4.68 Å². The summed E-state index contributed by atoms with van der Waals surface area (Å²) in [6.07, 6.45) is -3.97. The highest BCUT2D eigenvalue weighted by molar-refractivity contribution is 5.95. The molecule has 0 aromatic carbocycles. The topological polar surface area (TPSA) is 93.5 Å². The summed E-state index contributed by atoms with van der Waals surface area (Å²) in [5.41, 5.74) is -1.81. The monoisotopic (exact) mass is 398 g/mol. The van der Waals surface area contributed by atoms with Gasteiger partial charge in [-0.1, -0.05) is 0 Å². The third kappa shape index (κ3) is 3.75. The zero-order valence-corrected chi connectivity index (χ0v) is 15.1. The van der Waals surface area contributed by atoms with Crippen molar-refractivity contribution in [2.75, 3.05) is 33.3 Å². The van der Waals surface area contributed by atoms with E-state index in [1.807, 2.05) is 0 Å². The number of methoxy groups -OCH3 is 1. The van der Waals surface area contributed by atoms with Crippen LogP contribution in [0.5, 0.6) is 5.88 Å². The van der Waals surface area contributed by atoms with Gasteiger partial charge in [-0.3, -0.25) is 9.59 Å². The summed E-state index contributed by atoms with van der Waals surface area (Å²) in [4.78, 5) is 26.9. The van der Waals surface area contributed by atoms with Crippen molar-refractivity contribution in [1.82, 2.24) is 29.8 Å². The largest absolute Gasteiger partial charge is 0.480 e. The number of carbonyl (C=O) groups excluding carboxylic acids is 2. The molecular formula is C16H17F3N6O3. The van der Waals surface area contributed by atoms with Gasteiger partial charge in [0.25, 0.3) is 5.91 Å². The van der Waals surface area contributed by atoms with Crippen LogP contribution in [0.1, 0.15) is 23.0 Å². The van der Waals surface area contributed by atoms with Crippen LogP contribution in [0.25, 0.3) is 5.82 Å². The van der Waals surface area contributed by atoms with Crippen LogP contribution in [0.3, 0.4) is 0 Å². The minimum Gasteiger partial charge on any atom is -0.480 e. The van der Waals surface area contributed by atoms with Crippen LogP contribution >= 0.6 is 0 Å². The lowest BCUT2D eigenvalue weighted by atomic mass is 10.2. The predicted molar refractivity (Wildman–Crippen MR) is 88.9 cm³/mol. The van der Waals surface area contributed by atoms with Crippen molar-refractivity contribution in [2.24, 2.45) is 0 Å². The van der Waals surface area contributed by atoms with Crippen LogP contribution in [0.15, 0.2) is 18.3 Å². The van der Waals surface area contributed by atoms with E-state index >= 15 is 0 Å². The van der Waals surface area contributed by atoms with Crippen LogP contribution in [-0.2, 0) is 11.0 Å². The first-order chi connectivity index (χ1) is 13.2. The number of alkyl halides is 3. The Morgan fingerprint density at radius 2 is 1.71 bits per heavy atom. The molecule has 0 saturated carbocycles. The molecule has 1 aliphatic heterocycles. The zero-order valence-electron chi connectivity index (χ0n) is 15.1. The Morgan fingerprint density at radius 3 is 2.21 bits per heavy atom. The number of aromatic nitrogens is 4. The normalized spacial score (nSPS) is 14.9. The molecule has 3 heterocycles. The molecule has 0 bridgehead atoms. The second kappa shape index (κ2) is 7.44. The first-order valence-electron chi connectivity index (χ1n) is 8.30. The van der Waals surface area contributed by atoms with E-state index in [9.17, 15) is 22.8 Å². The number of hydrogen-bond donors (Lipinski definition) is 0. The number of nitrogens with zero attached hydrogens (tertiary/aromatic N) is 6. The minimum atomic E-state index is -4.84. The van der Waals surface area contributed by atoms with Gasteiger partial charge in [-0.25, -0.2) is 4.68 Å². The molecule has 1 aliphatic rings. The molecule has 0 atom stereocenters. The molecule has 0 spiro atoms. The molecule has 1 fully saturated rings. The third-order valence-electron chi connectivity index (χ3n) is 4.33. The molecule has 2 aromatic heterocycles. The molecule has 0 aliphatic carbocycles. The van der Waals surface area contributed by atoms with Crippen LogP contribution < -0.4 is 4.74 Å². The number of carbonyl (C=O) groups is 2. The zero-order chi connectivity index (χ0) is 20.5. The van der Waals surface area contributed by atoms with Gasteiger partial charge in [0.1, 0.15) is 0 Å². The van der Waals surface area contributed by atoms with Crippen molar-refractivity contribution in [1.29, 1.82) is 0 Å². The van der Waals surface area contributed by atoms with Crippen LogP contribution in [0, 0.1) is 0 Å². The van der Waals surface area contributed by atoms with Crippen molar-refractivity contribution in [3.63, 3.8) is 0 Å². The average molecular weight is 398 g/mol. The standard InChI is InChI=1S/C16H17F3N6O3/c1-10(26)23-5-7-24(8-6-23)15(27)11-9-20-25(14(11)16(17,18)19)12-3-4-13(28-2)22-21-12/h3-4,9H,5-8H2,1-2H3. The second-order valence-electron chi connectivity index (χ2n) is 6.05. The lowest BCUT2D eigenvalue weighted by Crippen LogP contribution is -2.50. The van der Waals surface area contributed by atoms with Crippen molar-refractivity contribution in [2.45, 2.75) is 13.1 Å². The lowest BCUT2D eigenvalue weighted by Gasteiger charge is -2.34. The first-order valence-corrected chi connectivity index (χ1v) is 8.30. The number of amides is 2. The van der Waals surface area contributed by atoms with Gasteiger partial charge >= 0.3 is 6.18 Å². The molecule has 9 nitrogen and oxygen atoms in total. The van der Waals surface area contributed by atoms with E-state index in [1.165, 1.54) is 36.0 Å². The van der Waals surface area contributed by atoms with Gasteiger partial charge in [0, 0.05) is 39.2 Å². The van der Waals surface area contributed by atoms with Gasteiger partial charge in [0.05, 0.1) is 18.9 Å². The number of ether oxygens (including phenoxy) is 1. The predicted octanol–water partition coefficient (Wildman–Crippen LogP) is 0.994. The first kappa shape index (κ1) is 19.6. The molecule has 12 heteroatoms. The molecule has 0 unspecified atom stereocenters. The highest BCUT2D eigenvalue weighted by Gasteiger charge is 2.42. The second-order valence-corrected chi connectivity index (χ2v) is 6.05. The van der Waals surface area contributed by atoms with E-state index in [1.54, 1.807) is 0 Å². The van der Waals surface area contributed by atoms with Crippen LogP contribution in [0.4, 0.5) is 13.2 Å². The molecule has 1 saturated heterocycles. The summed E-state index contributed by atoms with van der Waals surface area (Å²) in [6.45, 7) is 2.21. The van der Waals surface area contributed by atoms with Crippen LogP contribution in [0.2, 0.25) is 0 Å². The summed E-state index contributed by atoms with van der Waals surface area (Å²) < 4.78 is 46.5. The Balaban J connectivity index is 1.92. The molecule has 2 aromatic rings. The fourth-order valence-corrected chi connectivity index (χ4v) is 2.88. The molecule has 0 radical (unpaired) electrons. The van der Waals surface area contributed by atoms with Crippen LogP contribution in [-0.4, -0.2) is 74.9 Å². The fraction of sp³-hybridized carbons (Fsp3) is 0.438. The molecule has 3 rings (SSSR count). The quantitative estimate of drug-likeness (QED) is 0.766. The minimum absolute atomic E-state index is 0.129. The van der Waals surface area contributed by atoms with E-state index in [2.05, 4.69) is 15.3 Å². The smallest absolute Gasteiger partial charge is 0.434 e. The van der Waals surface area contributed by atoms with Gasteiger partial charge in [-0.2, -0.15) is 18.3 Å². The van der Waals surface area contributed by atoms with E-state index < -0.39 is 23.3 Å². The van der Waals surface area contributed by atoms with Crippen molar-refractivity contribution in [3.05, 3.63) is 29.6 Å². The van der Waals surface area contributed by atoms with Gasteiger partial charge in [0.15, 0.2) is 11.5 Å². The third-order valence-corrected chi connectivity index (χ3v) is 4.33. The maximum atomic E-state index is 13.7. The molecule has 150 valence electrons. The van der Waals surface area contributed by atoms with E-state index in [-0.39, 0.29) is 43.8 Å². The SMILES string of the molecule is COc1ccc(-n2ncc(C(=O)N3CCN(C(C)=O)CC3)c2C(F)(F)F)nn1. The van der Waals surface area contributed by atoms with Gasteiger partial charge in [-0.15, -0.1) is 10.2 Å². The summed E-state index contributed by atoms with van der Waals surface area (Å²) in [5.74, 6) is -1.02. The van der Waals surface area contributed by atoms with E-state index in [4.69, 9.17) is 4.74 Å². The van der Waals surface area contributed by atoms with Gasteiger partial charge in [-0.05, 0) is 6.07 Å². The molecule has 2 amide bonds. The van der Waals surface area contributed by atoms with Gasteiger partial charge < -0.3 is 14.5 Å². The summed E-state index contributed by atoms with van der Waals surface area (Å²) >= 11 is 0. The Hall–Kier alpha value is -3.18. The fourth-order valence-electron chi connectivity index (χ4n) is 2.88. The maximum Gasteiger partial charge on any atom is 0.434 e. The highest BCUT2D eigenvalue weighted by Crippen LogP contribution is 2.34. The Kier molecular flexibility index (Phi) is 5.21. The van der Waals surface area contributed by atoms with Crippen molar-refractivity contribution in [3.8, 4) is 11.7 Å². The van der Waals surface area contributed by atoms with Crippen molar-refractivity contribution < 1.29 is 27.5 Å². The Bertz CT molecular complexity index is 873. The number of rotatable bonds is 3. The molecular weight excluding hydrogens is 381 g/mol. The van der Waals surface area contributed by atoms with Crippen molar-refractivity contribution >= 4 is 11.8 Å². The maximum absolute atomic E-state index is 13.7. The number of piperazine rings is 1. The molecule has 0 N–H and O–H groups in total. The Labute approximate surface area is 157 Å². The number of halogens is 3. The Morgan fingerprint density at radius 1 is 1.07 bits per heavy atom. The van der Waals surface area contributed by atoms with E-state index in [0.717, 1.165) is 6.20 Å². The average Bonchev–Trinajstić information content (AvgIpc) is 3.13. The number of hydrogen-bond acceptors (Lipinski definition) is 6. The summed E-state index contributed by atoms with van der Waals surface area (Å²) in [7, 11) is 1.35. The summed E-state index contributed by atoms with van der Waals surface area (Å²) in [6, 6.07) is 2.60. The van der Waals surface area contributed by atoms with Gasteiger partial charge in [0.2, 0.25) is 11.8 Å². The highest BCUT2D eigenvalue weighted by atomic mass is 19.4.